The normalized spacial score (nSPS) is 11.5. The van der Waals surface area contributed by atoms with Crippen molar-refractivity contribution in [2.45, 2.75) is 12.5 Å². The predicted molar refractivity (Wildman–Crippen MR) is 89.8 cm³/mol. The molecule has 0 aromatic heterocycles. The Labute approximate surface area is 143 Å². The van der Waals surface area contributed by atoms with Crippen LogP contribution in [0, 0.1) is 11.6 Å². The van der Waals surface area contributed by atoms with Crippen molar-refractivity contribution in [1.29, 1.82) is 0 Å². The van der Waals surface area contributed by atoms with Crippen molar-refractivity contribution in [1.82, 2.24) is 0 Å². The number of carbonyl (C=O) groups excluding carboxylic acids is 2. The maximum absolute atomic E-state index is 13.6. The van der Waals surface area contributed by atoms with Crippen molar-refractivity contribution < 1.29 is 23.5 Å². The third kappa shape index (κ3) is 5.22. The average molecular weight is 346 g/mol. The van der Waals surface area contributed by atoms with E-state index in [0.29, 0.717) is 0 Å². The van der Waals surface area contributed by atoms with Gasteiger partial charge < -0.3 is 15.7 Å². The highest BCUT2D eigenvalue weighted by atomic mass is 19.1. The molecule has 2 aromatic rings. The van der Waals surface area contributed by atoms with E-state index >= 15 is 0 Å². The van der Waals surface area contributed by atoms with Crippen LogP contribution in [0.1, 0.15) is 18.1 Å². The third-order valence-electron chi connectivity index (χ3n) is 3.31. The van der Waals surface area contributed by atoms with Crippen molar-refractivity contribution in [3.8, 4) is 0 Å². The summed E-state index contributed by atoms with van der Waals surface area (Å²) in [7, 11) is 0. The van der Waals surface area contributed by atoms with Gasteiger partial charge in [0, 0.05) is 5.69 Å². The van der Waals surface area contributed by atoms with Crippen molar-refractivity contribution in [3.05, 3.63) is 72.3 Å². The van der Waals surface area contributed by atoms with Gasteiger partial charge in [0.2, 0.25) is 11.8 Å². The van der Waals surface area contributed by atoms with Crippen LogP contribution < -0.4 is 10.6 Å². The Hall–Kier alpha value is -3.06. The molecule has 0 saturated carbocycles. The third-order valence-corrected chi connectivity index (χ3v) is 3.31. The van der Waals surface area contributed by atoms with E-state index in [9.17, 15) is 23.5 Å². The van der Waals surface area contributed by atoms with Crippen LogP contribution in [0.25, 0.3) is 0 Å². The molecule has 0 aliphatic rings. The minimum absolute atomic E-state index is 0.117. The summed E-state index contributed by atoms with van der Waals surface area (Å²) in [6.45, 7) is 3.27. The molecule has 130 valence electrons. The molecule has 1 atom stereocenters. The Morgan fingerprint density at radius 3 is 2.60 bits per heavy atom. The number of carbonyl (C=O) groups is 2. The highest BCUT2D eigenvalue weighted by Gasteiger charge is 2.14. The Morgan fingerprint density at radius 2 is 1.92 bits per heavy atom. The standard InChI is InChI=1S/C18H16F2N2O3/c1-2-17(24)22-15-9-13(6-7-14(15)20)21-18(25)10-16(23)11-4-3-5-12(19)8-11/h2-9,16,23H,1,10H2,(H,21,25)(H,22,24). The van der Waals surface area contributed by atoms with Gasteiger partial charge in [-0.3, -0.25) is 9.59 Å². The first-order chi connectivity index (χ1) is 11.9. The summed E-state index contributed by atoms with van der Waals surface area (Å²) in [4.78, 5) is 23.2. The molecule has 25 heavy (non-hydrogen) atoms. The average Bonchev–Trinajstić information content (AvgIpc) is 2.57. The largest absolute Gasteiger partial charge is 0.388 e. The fourth-order valence-electron chi connectivity index (χ4n) is 2.10. The van der Waals surface area contributed by atoms with Crippen LogP contribution in [0.2, 0.25) is 0 Å². The van der Waals surface area contributed by atoms with Crippen molar-refractivity contribution >= 4 is 23.2 Å². The van der Waals surface area contributed by atoms with Gasteiger partial charge in [-0.1, -0.05) is 18.7 Å². The summed E-state index contributed by atoms with van der Waals surface area (Å²) in [6, 6.07) is 8.93. The zero-order chi connectivity index (χ0) is 18.4. The summed E-state index contributed by atoms with van der Waals surface area (Å²) in [5.74, 6) is -2.33. The highest BCUT2D eigenvalue weighted by molar-refractivity contribution is 5.99. The number of aliphatic hydroxyl groups is 1. The fraction of sp³-hybridized carbons (Fsp3) is 0.111. The van der Waals surface area contributed by atoms with Crippen LogP contribution >= 0.6 is 0 Å². The molecule has 0 bridgehead atoms. The number of anilines is 2. The number of hydrogen-bond acceptors (Lipinski definition) is 3. The van der Waals surface area contributed by atoms with Gasteiger partial charge in [0.05, 0.1) is 18.2 Å². The Balaban J connectivity index is 2.03. The maximum atomic E-state index is 13.6. The van der Waals surface area contributed by atoms with Crippen LogP contribution in [0.4, 0.5) is 20.2 Å². The smallest absolute Gasteiger partial charge is 0.247 e. The van der Waals surface area contributed by atoms with E-state index in [1.54, 1.807) is 0 Å². The summed E-state index contributed by atoms with van der Waals surface area (Å²) < 4.78 is 26.8. The molecule has 3 N–H and O–H groups in total. The molecule has 2 rings (SSSR count). The molecule has 2 aromatic carbocycles. The van der Waals surface area contributed by atoms with Gasteiger partial charge in [0.25, 0.3) is 0 Å². The molecular weight excluding hydrogens is 330 g/mol. The molecule has 0 aliphatic carbocycles. The molecule has 0 radical (unpaired) electrons. The van der Waals surface area contributed by atoms with Crippen LogP contribution in [-0.2, 0) is 9.59 Å². The van der Waals surface area contributed by atoms with Crippen molar-refractivity contribution in [3.63, 3.8) is 0 Å². The van der Waals surface area contributed by atoms with Crippen LogP contribution in [0.15, 0.2) is 55.1 Å². The fourth-order valence-corrected chi connectivity index (χ4v) is 2.10. The van der Waals surface area contributed by atoms with Gasteiger partial charge in [-0.2, -0.15) is 0 Å². The lowest BCUT2D eigenvalue weighted by atomic mass is 10.1. The Kier molecular flexibility index (Phi) is 5.97. The molecule has 0 aliphatic heterocycles. The highest BCUT2D eigenvalue weighted by Crippen LogP contribution is 2.22. The van der Waals surface area contributed by atoms with E-state index in [-0.39, 0.29) is 23.4 Å². The second-order valence-electron chi connectivity index (χ2n) is 5.21. The van der Waals surface area contributed by atoms with Gasteiger partial charge in [0.1, 0.15) is 11.6 Å². The molecule has 5 nitrogen and oxygen atoms in total. The number of hydrogen-bond donors (Lipinski definition) is 3. The Bertz CT molecular complexity index is 809. The lowest BCUT2D eigenvalue weighted by molar-refractivity contribution is -0.118. The topological polar surface area (TPSA) is 78.4 Å². The van der Waals surface area contributed by atoms with Crippen molar-refractivity contribution in [2.75, 3.05) is 10.6 Å². The Morgan fingerprint density at radius 1 is 1.16 bits per heavy atom. The van der Waals surface area contributed by atoms with Crippen LogP contribution in [0.5, 0.6) is 0 Å². The predicted octanol–water partition coefficient (Wildman–Crippen LogP) is 3.15. The molecule has 0 fully saturated rings. The minimum atomic E-state index is -1.18. The number of rotatable bonds is 6. The number of benzene rings is 2. The zero-order valence-electron chi connectivity index (χ0n) is 13.1. The molecule has 0 saturated heterocycles. The number of halogens is 2. The quantitative estimate of drug-likeness (QED) is 0.703. The van der Waals surface area contributed by atoms with Crippen LogP contribution in [0.3, 0.4) is 0 Å². The lowest BCUT2D eigenvalue weighted by Crippen LogP contribution is -2.16. The van der Waals surface area contributed by atoms with Gasteiger partial charge in [-0.15, -0.1) is 0 Å². The van der Waals surface area contributed by atoms with Crippen LogP contribution in [-0.4, -0.2) is 16.9 Å². The first kappa shape index (κ1) is 18.3. The lowest BCUT2D eigenvalue weighted by Gasteiger charge is -2.12. The number of nitrogens with one attached hydrogen (secondary N) is 2. The van der Waals surface area contributed by atoms with Gasteiger partial charge in [-0.25, -0.2) is 8.78 Å². The van der Waals surface area contributed by atoms with Gasteiger partial charge in [-0.05, 0) is 42.0 Å². The summed E-state index contributed by atoms with van der Waals surface area (Å²) in [6.07, 6.45) is -0.508. The SMILES string of the molecule is C=CC(=O)Nc1cc(NC(=O)CC(O)c2cccc(F)c2)ccc1F. The maximum Gasteiger partial charge on any atom is 0.247 e. The monoisotopic (exact) mass is 346 g/mol. The van der Waals surface area contributed by atoms with Gasteiger partial charge >= 0.3 is 0 Å². The molecule has 1 unspecified atom stereocenters. The minimum Gasteiger partial charge on any atom is -0.388 e. The van der Waals surface area contributed by atoms with Gasteiger partial charge in [0.15, 0.2) is 0 Å². The second-order valence-corrected chi connectivity index (χ2v) is 5.21. The molecule has 2 amide bonds. The molecular formula is C18H16F2N2O3. The second kappa shape index (κ2) is 8.16. The summed E-state index contributed by atoms with van der Waals surface area (Å²) in [5.41, 5.74) is 0.388. The van der Waals surface area contributed by atoms with E-state index in [1.165, 1.54) is 30.3 Å². The summed E-state index contributed by atoms with van der Waals surface area (Å²) in [5, 5.41) is 14.7. The number of aliphatic hydroxyl groups excluding tert-OH is 1. The van der Waals surface area contributed by atoms with E-state index in [2.05, 4.69) is 17.2 Å². The van der Waals surface area contributed by atoms with E-state index in [0.717, 1.165) is 18.2 Å². The molecule has 7 heteroatoms. The van der Waals surface area contributed by atoms with E-state index in [4.69, 9.17) is 0 Å². The summed E-state index contributed by atoms with van der Waals surface area (Å²) >= 11 is 0. The first-order valence-electron chi connectivity index (χ1n) is 7.35. The zero-order valence-corrected chi connectivity index (χ0v) is 13.1. The molecule has 0 spiro atoms. The first-order valence-corrected chi connectivity index (χ1v) is 7.35. The molecule has 0 heterocycles. The number of amides is 2. The van der Waals surface area contributed by atoms with E-state index < -0.39 is 29.6 Å². The van der Waals surface area contributed by atoms with E-state index in [1.807, 2.05) is 0 Å². The van der Waals surface area contributed by atoms with Crippen molar-refractivity contribution in [2.24, 2.45) is 0 Å².